The largest absolute Gasteiger partial charge is 0.494 e. The molecule has 0 aliphatic carbocycles. The van der Waals surface area contributed by atoms with Gasteiger partial charge < -0.3 is 14.4 Å². The maximum absolute atomic E-state index is 12.1. The number of hydrogen-bond acceptors (Lipinski definition) is 6. The fraction of sp³-hybridized carbons (Fsp3) is 0.308. The molecule has 7 nitrogen and oxygen atoms in total. The quantitative estimate of drug-likeness (QED) is 0.703. The van der Waals surface area contributed by atoms with Crippen LogP contribution in [0.2, 0.25) is 0 Å². The number of sulfonamides is 1. The van der Waals surface area contributed by atoms with Crippen molar-refractivity contribution in [2.75, 3.05) is 13.2 Å². The molecule has 0 spiro atoms. The minimum atomic E-state index is -3.61. The Morgan fingerprint density at radius 2 is 2.00 bits per heavy atom. The monoisotopic (exact) mass is 312 g/mol. The van der Waals surface area contributed by atoms with E-state index in [-0.39, 0.29) is 18.0 Å². The molecular weight excluding hydrogens is 296 g/mol. The summed E-state index contributed by atoms with van der Waals surface area (Å²) < 4.78 is 36.5. The Labute approximate surface area is 122 Å². The molecule has 0 amide bonds. The van der Waals surface area contributed by atoms with Crippen molar-refractivity contribution in [1.82, 2.24) is 9.88 Å². The van der Waals surface area contributed by atoms with Crippen molar-refractivity contribution in [2.24, 2.45) is 0 Å². The van der Waals surface area contributed by atoms with Gasteiger partial charge in [0, 0.05) is 19.1 Å². The number of nitrogens with zero attached hydrogens (tertiary/aromatic N) is 1. The zero-order valence-corrected chi connectivity index (χ0v) is 12.0. The van der Waals surface area contributed by atoms with Gasteiger partial charge in [-0.25, -0.2) is 13.1 Å². The maximum atomic E-state index is 12.1. The van der Waals surface area contributed by atoms with Crippen LogP contribution < -0.4 is 9.46 Å². The molecule has 2 rings (SSSR count). The molecule has 0 fully saturated rings. The first kappa shape index (κ1) is 15.5. The smallest absolute Gasteiger partial charge is 0.240 e. The number of nitrogens with one attached hydrogen (secondary N) is 1. The van der Waals surface area contributed by atoms with Gasteiger partial charge >= 0.3 is 0 Å². The van der Waals surface area contributed by atoms with Crippen molar-refractivity contribution in [1.29, 1.82) is 0 Å². The van der Waals surface area contributed by atoms with E-state index < -0.39 is 10.0 Å². The van der Waals surface area contributed by atoms with E-state index in [0.717, 1.165) is 0 Å². The molecule has 21 heavy (non-hydrogen) atoms. The van der Waals surface area contributed by atoms with E-state index in [1.54, 1.807) is 18.2 Å². The summed E-state index contributed by atoms with van der Waals surface area (Å²) >= 11 is 0. The van der Waals surface area contributed by atoms with Crippen LogP contribution >= 0.6 is 0 Å². The van der Waals surface area contributed by atoms with Gasteiger partial charge in [0.15, 0.2) is 0 Å². The predicted molar refractivity (Wildman–Crippen MR) is 74.2 cm³/mol. The molecule has 1 heterocycles. The fourth-order valence-electron chi connectivity index (χ4n) is 1.55. The lowest BCUT2D eigenvalue weighted by Gasteiger charge is -2.07. The van der Waals surface area contributed by atoms with Crippen molar-refractivity contribution < 1.29 is 22.8 Å². The summed E-state index contributed by atoms with van der Waals surface area (Å²) in [7, 11) is -3.61. The van der Waals surface area contributed by atoms with Gasteiger partial charge in [-0.15, -0.1) is 0 Å². The van der Waals surface area contributed by atoms with Crippen LogP contribution in [-0.4, -0.2) is 31.9 Å². The fourth-order valence-corrected chi connectivity index (χ4v) is 2.55. The highest BCUT2D eigenvalue weighted by Crippen LogP contribution is 2.16. The molecule has 0 saturated heterocycles. The van der Waals surface area contributed by atoms with Crippen LogP contribution in [-0.2, 0) is 16.6 Å². The molecule has 2 aromatic rings. The van der Waals surface area contributed by atoms with Gasteiger partial charge in [0.25, 0.3) is 0 Å². The lowest BCUT2D eigenvalue weighted by molar-refractivity contribution is 0.233. The van der Waals surface area contributed by atoms with Crippen molar-refractivity contribution in [3.8, 4) is 5.75 Å². The van der Waals surface area contributed by atoms with Gasteiger partial charge in [0.05, 0.1) is 23.7 Å². The van der Waals surface area contributed by atoms with Crippen LogP contribution in [0.1, 0.15) is 12.1 Å². The molecule has 1 aromatic carbocycles. The molecule has 0 atom stereocenters. The zero-order chi connectivity index (χ0) is 15.1. The molecular formula is C13H16N2O5S. The van der Waals surface area contributed by atoms with Crippen molar-refractivity contribution in [3.63, 3.8) is 0 Å². The number of aliphatic hydroxyl groups excluding tert-OH is 1. The number of ether oxygens (including phenoxy) is 1. The molecule has 114 valence electrons. The Balaban J connectivity index is 1.96. The molecule has 2 N–H and O–H groups in total. The Morgan fingerprint density at radius 3 is 2.62 bits per heavy atom. The number of aliphatic hydroxyl groups is 1. The highest BCUT2D eigenvalue weighted by atomic mass is 32.2. The molecule has 0 aliphatic rings. The first-order valence-electron chi connectivity index (χ1n) is 6.34. The third kappa shape index (κ3) is 4.55. The van der Waals surface area contributed by atoms with E-state index in [4.69, 9.17) is 9.84 Å². The summed E-state index contributed by atoms with van der Waals surface area (Å²) in [4.78, 5) is 0.139. The first-order chi connectivity index (χ1) is 10.1. The van der Waals surface area contributed by atoms with Gasteiger partial charge in [-0.3, -0.25) is 0 Å². The minimum absolute atomic E-state index is 0.0540. The maximum Gasteiger partial charge on any atom is 0.240 e. The van der Waals surface area contributed by atoms with E-state index in [9.17, 15) is 8.42 Å². The topological polar surface area (TPSA) is 102 Å². The molecule has 0 unspecified atom stereocenters. The number of rotatable bonds is 8. The van der Waals surface area contributed by atoms with E-state index in [0.29, 0.717) is 24.5 Å². The van der Waals surface area contributed by atoms with Gasteiger partial charge in [0.2, 0.25) is 10.0 Å². The van der Waals surface area contributed by atoms with Crippen LogP contribution in [0.15, 0.2) is 46.0 Å². The molecule has 0 radical (unpaired) electrons. The highest BCUT2D eigenvalue weighted by Gasteiger charge is 2.14. The molecule has 0 aliphatic heterocycles. The molecule has 0 saturated carbocycles. The van der Waals surface area contributed by atoms with Crippen LogP contribution in [0.5, 0.6) is 5.75 Å². The summed E-state index contributed by atoms with van der Waals surface area (Å²) in [6, 6.07) is 7.64. The second-order valence-electron chi connectivity index (χ2n) is 4.21. The second kappa shape index (κ2) is 7.21. The third-order valence-corrected chi connectivity index (χ3v) is 4.06. The Bertz CT molecular complexity index is 638. The zero-order valence-electron chi connectivity index (χ0n) is 11.2. The van der Waals surface area contributed by atoms with E-state index in [1.165, 1.54) is 18.4 Å². The standard InChI is InChI=1S/C13H16N2O5S/c16-7-1-8-19-12-2-4-13(5-3-12)21(17,18)14-10-11-6-9-20-15-11/h2-6,9,14,16H,1,7-8,10H2. The number of benzene rings is 1. The van der Waals surface area contributed by atoms with Crippen LogP contribution in [0.25, 0.3) is 0 Å². The normalized spacial score (nSPS) is 11.5. The number of aromatic nitrogens is 1. The van der Waals surface area contributed by atoms with Gasteiger partial charge in [-0.1, -0.05) is 5.16 Å². The first-order valence-corrected chi connectivity index (χ1v) is 7.83. The third-order valence-electron chi connectivity index (χ3n) is 2.64. The number of hydrogen-bond donors (Lipinski definition) is 2. The Kier molecular flexibility index (Phi) is 5.32. The highest BCUT2D eigenvalue weighted by molar-refractivity contribution is 7.89. The molecule has 8 heteroatoms. The molecule has 0 bridgehead atoms. The predicted octanol–water partition coefficient (Wildman–Crippen LogP) is 0.914. The van der Waals surface area contributed by atoms with Crippen molar-refractivity contribution in [2.45, 2.75) is 17.9 Å². The van der Waals surface area contributed by atoms with Gasteiger partial charge in [0.1, 0.15) is 12.0 Å². The van der Waals surface area contributed by atoms with Crippen molar-refractivity contribution >= 4 is 10.0 Å². The SMILES string of the molecule is O=S(=O)(NCc1ccon1)c1ccc(OCCCO)cc1. The van der Waals surface area contributed by atoms with Crippen LogP contribution in [0.3, 0.4) is 0 Å². The average molecular weight is 312 g/mol. The van der Waals surface area contributed by atoms with E-state index >= 15 is 0 Å². The summed E-state index contributed by atoms with van der Waals surface area (Å²) in [5, 5.41) is 12.3. The van der Waals surface area contributed by atoms with Gasteiger partial charge in [-0.05, 0) is 24.3 Å². The van der Waals surface area contributed by atoms with Crippen LogP contribution in [0, 0.1) is 0 Å². The minimum Gasteiger partial charge on any atom is -0.494 e. The van der Waals surface area contributed by atoms with E-state index in [2.05, 4.69) is 14.4 Å². The van der Waals surface area contributed by atoms with E-state index in [1.807, 2.05) is 0 Å². The van der Waals surface area contributed by atoms with Crippen LogP contribution in [0.4, 0.5) is 0 Å². The average Bonchev–Trinajstić information content (AvgIpc) is 3.00. The summed E-state index contributed by atoms with van der Waals surface area (Å²) in [6.45, 7) is 0.499. The Hall–Kier alpha value is -1.90. The summed E-state index contributed by atoms with van der Waals surface area (Å²) in [5.74, 6) is 0.555. The molecule has 1 aromatic heterocycles. The second-order valence-corrected chi connectivity index (χ2v) is 5.98. The Morgan fingerprint density at radius 1 is 1.24 bits per heavy atom. The van der Waals surface area contributed by atoms with Gasteiger partial charge in [-0.2, -0.15) is 0 Å². The lowest BCUT2D eigenvalue weighted by Crippen LogP contribution is -2.23. The lowest BCUT2D eigenvalue weighted by atomic mass is 10.3. The van der Waals surface area contributed by atoms with Crippen molar-refractivity contribution in [3.05, 3.63) is 42.3 Å². The summed E-state index contributed by atoms with van der Waals surface area (Å²) in [5.41, 5.74) is 0.502. The summed E-state index contributed by atoms with van der Waals surface area (Å²) in [6.07, 6.45) is 1.90.